The van der Waals surface area contributed by atoms with Gasteiger partial charge in [-0.3, -0.25) is 0 Å². The number of sulfone groups is 1. The van der Waals surface area contributed by atoms with Crippen LogP contribution in [0.15, 0.2) is 46.8 Å². The maximum atomic E-state index is 13.1. The number of rotatable bonds is 4. The van der Waals surface area contributed by atoms with Crippen LogP contribution in [0.1, 0.15) is 11.1 Å². The molecule has 1 aliphatic heterocycles. The second-order valence-corrected chi connectivity index (χ2v) is 9.67. The number of nitrogens with one attached hydrogen (secondary N) is 1. The third kappa shape index (κ3) is 4.10. The van der Waals surface area contributed by atoms with Crippen LogP contribution in [-0.4, -0.2) is 39.6 Å². The Morgan fingerprint density at radius 2 is 1.93 bits per heavy atom. The van der Waals surface area contributed by atoms with E-state index in [1.165, 1.54) is 23.5 Å². The first-order valence-corrected chi connectivity index (χ1v) is 11.5. The molecule has 3 heterocycles. The Morgan fingerprint density at radius 3 is 2.66 bits per heavy atom. The highest BCUT2D eigenvalue weighted by Gasteiger charge is 2.31. The average Bonchev–Trinajstić information content (AvgIpc) is 3.13. The van der Waals surface area contributed by atoms with E-state index in [0.717, 1.165) is 29.9 Å². The lowest BCUT2D eigenvalue weighted by atomic mass is 10.1. The molecule has 0 atom stereocenters. The summed E-state index contributed by atoms with van der Waals surface area (Å²) in [5.41, 5.74) is -0.754. The summed E-state index contributed by atoms with van der Waals surface area (Å²) >= 11 is 1.30. The summed E-state index contributed by atoms with van der Waals surface area (Å²) < 4.78 is 66.0. The quantitative estimate of drug-likeness (QED) is 0.669. The Morgan fingerprint density at radius 1 is 1.17 bits per heavy atom. The topological polar surface area (TPSA) is 62.3 Å². The average molecular weight is 442 g/mol. The molecule has 1 N–H and O–H groups in total. The number of nitrogens with zero attached hydrogens (tertiary/aromatic N) is 2. The third-order valence-electron chi connectivity index (χ3n) is 4.79. The van der Waals surface area contributed by atoms with E-state index in [1.54, 1.807) is 17.6 Å². The number of fused-ring (bicyclic) bond motifs is 1. The van der Waals surface area contributed by atoms with Crippen molar-refractivity contribution in [2.75, 3.05) is 31.1 Å². The zero-order valence-corrected chi connectivity index (χ0v) is 16.9. The van der Waals surface area contributed by atoms with Gasteiger partial charge in [0.2, 0.25) is 0 Å². The highest BCUT2D eigenvalue weighted by atomic mass is 32.2. The fourth-order valence-corrected chi connectivity index (χ4v) is 6.31. The monoisotopic (exact) mass is 441 g/mol. The highest BCUT2D eigenvalue weighted by molar-refractivity contribution is 7.91. The van der Waals surface area contributed by atoms with Gasteiger partial charge in [-0.25, -0.2) is 13.4 Å². The van der Waals surface area contributed by atoms with Gasteiger partial charge in [0, 0.05) is 42.5 Å². The number of piperazine rings is 1. The normalized spacial score (nSPS) is 15.8. The molecule has 0 spiro atoms. The van der Waals surface area contributed by atoms with E-state index < -0.39 is 27.3 Å². The molecule has 0 bridgehead atoms. The predicted molar refractivity (Wildman–Crippen MR) is 107 cm³/mol. The SMILES string of the molecule is O=S(=O)(Cc1cccc(C(F)(F)F)c1)c1csc2ccnc(N3CCNCC3)c12. The number of thiophene rings is 1. The van der Waals surface area contributed by atoms with E-state index in [2.05, 4.69) is 10.3 Å². The van der Waals surface area contributed by atoms with Gasteiger partial charge in [0.1, 0.15) is 5.82 Å². The van der Waals surface area contributed by atoms with Gasteiger partial charge in [-0.2, -0.15) is 13.2 Å². The zero-order valence-electron chi connectivity index (χ0n) is 15.2. The number of benzene rings is 1. The lowest BCUT2D eigenvalue weighted by molar-refractivity contribution is -0.137. The van der Waals surface area contributed by atoms with E-state index in [4.69, 9.17) is 0 Å². The van der Waals surface area contributed by atoms with Crippen LogP contribution in [0.5, 0.6) is 0 Å². The fraction of sp³-hybridized carbons (Fsp3) is 0.316. The number of hydrogen-bond donors (Lipinski definition) is 1. The molecular weight excluding hydrogens is 423 g/mol. The van der Waals surface area contributed by atoms with Crippen LogP contribution in [0.2, 0.25) is 0 Å². The Kier molecular flexibility index (Phi) is 5.26. The molecule has 1 saturated heterocycles. The molecule has 10 heteroatoms. The largest absolute Gasteiger partial charge is 0.416 e. The number of hydrogen-bond acceptors (Lipinski definition) is 6. The van der Waals surface area contributed by atoms with E-state index in [9.17, 15) is 21.6 Å². The smallest absolute Gasteiger partial charge is 0.353 e. The minimum Gasteiger partial charge on any atom is -0.353 e. The molecule has 0 amide bonds. The summed E-state index contributed by atoms with van der Waals surface area (Å²) in [6.45, 7) is 2.95. The van der Waals surface area contributed by atoms with Crippen molar-refractivity contribution in [1.29, 1.82) is 0 Å². The summed E-state index contributed by atoms with van der Waals surface area (Å²) in [4.78, 5) is 6.58. The minimum absolute atomic E-state index is 0.104. The van der Waals surface area contributed by atoms with Crippen molar-refractivity contribution >= 4 is 37.1 Å². The number of aromatic nitrogens is 1. The van der Waals surface area contributed by atoms with Crippen molar-refractivity contribution in [3.8, 4) is 0 Å². The van der Waals surface area contributed by atoms with Gasteiger partial charge in [-0.05, 0) is 17.7 Å². The van der Waals surface area contributed by atoms with Gasteiger partial charge in [-0.1, -0.05) is 18.2 Å². The first-order chi connectivity index (χ1) is 13.8. The molecule has 4 rings (SSSR count). The van der Waals surface area contributed by atoms with Crippen LogP contribution in [0.4, 0.5) is 19.0 Å². The van der Waals surface area contributed by atoms with Gasteiger partial charge >= 0.3 is 6.18 Å². The Balaban J connectivity index is 1.74. The lowest BCUT2D eigenvalue weighted by Gasteiger charge is -2.29. The van der Waals surface area contributed by atoms with Crippen molar-refractivity contribution in [3.63, 3.8) is 0 Å². The molecule has 1 aromatic carbocycles. The maximum Gasteiger partial charge on any atom is 0.416 e. The van der Waals surface area contributed by atoms with Gasteiger partial charge in [-0.15, -0.1) is 11.3 Å². The maximum absolute atomic E-state index is 13.1. The van der Waals surface area contributed by atoms with Crippen LogP contribution in [-0.2, 0) is 21.8 Å². The molecule has 1 fully saturated rings. The second-order valence-electron chi connectivity index (χ2n) is 6.80. The highest BCUT2D eigenvalue weighted by Crippen LogP contribution is 2.37. The van der Waals surface area contributed by atoms with Gasteiger partial charge < -0.3 is 10.2 Å². The van der Waals surface area contributed by atoms with Crippen LogP contribution in [0, 0.1) is 0 Å². The summed E-state index contributed by atoms with van der Waals surface area (Å²) in [6.07, 6.45) is -2.87. The van der Waals surface area contributed by atoms with E-state index in [-0.39, 0.29) is 10.5 Å². The van der Waals surface area contributed by atoms with E-state index in [0.29, 0.717) is 24.3 Å². The molecule has 5 nitrogen and oxygen atoms in total. The van der Waals surface area contributed by atoms with E-state index >= 15 is 0 Å². The number of alkyl halides is 3. The van der Waals surface area contributed by atoms with Crippen LogP contribution in [0.3, 0.4) is 0 Å². The van der Waals surface area contributed by atoms with Crippen molar-refractivity contribution < 1.29 is 21.6 Å². The number of halogens is 3. The van der Waals surface area contributed by atoms with Gasteiger partial charge in [0.05, 0.1) is 21.6 Å². The fourth-order valence-electron chi connectivity index (χ4n) is 3.42. The molecule has 0 radical (unpaired) electrons. The van der Waals surface area contributed by atoms with Crippen molar-refractivity contribution in [3.05, 3.63) is 53.0 Å². The summed E-state index contributed by atoms with van der Waals surface area (Å²) in [5, 5.41) is 5.35. The summed E-state index contributed by atoms with van der Waals surface area (Å²) in [5.74, 6) is 0.103. The zero-order chi connectivity index (χ0) is 20.6. The van der Waals surface area contributed by atoms with Gasteiger partial charge in [0.25, 0.3) is 0 Å². The lowest BCUT2D eigenvalue weighted by Crippen LogP contribution is -2.44. The number of anilines is 1. The van der Waals surface area contributed by atoms with Gasteiger partial charge in [0.15, 0.2) is 9.84 Å². The predicted octanol–water partition coefficient (Wildman–Crippen LogP) is 3.70. The van der Waals surface area contributed by atoms with Crippen molar-refractivity contribution in [1.82, 2.24) is 10.3 Å². The van der Waals surface area contributed by atoms with Crippen LogP contribution < -0.4 is 10.2 Å². The minimum atomic E-state index is -4.52. The first-order valence-electron chi connectivity index (χ1n) is 8.96. The van der Waals surface area contributed by atoms with E-state index in [1.807, 2.05) is 4.90 Å². The molecule has 29 heavy (non-hydrogen) atoms. The molecule has 0 saturated carbocycles. The first kappa shape index (κ1) is 20.1. The Hall–Kier alpha value is -2.17. The standard InChI is InChI=1S/C19H18F3N3O2S2/c20-19(21,22)14-3-1-2-13(10-14)12-29(26,27)16-11-28-15-4-5-24-18(17(15)16)25-8-6-23-7-9-25/h1-5,10-11,23H,6-9,12H2. The van der Waals surface area contributed by atoms with Crippen molar-refractivity contribution in [2.45, 2.75) is 16.8 Å². The van der Waals surface area contributed by atoms with Crippen molar-refractivity contribution in [2.24, 2.45) is 0 Å². The molecule has 0 aliphatic carbocycles. The van der Waals surface area contributed by atoms with Crippen LogP contribution in [0.25, 0.3) is 10.1 Å². The molecular formula is C19H18F3N3O2S2. The molecule has 2 aromatic heterocycles. The molecule has 0 unspecified atom stereocenters. The third-order valence-corrected chi connectivity index (χ3v) is 7.60. The Bertz CT molecular complexity index is 1140. The summed E-state index contributed by atoms with van der Waals surface area (Å²) in [7, 11) is -3.86. The summed E-state index contributed by atoms with van der Waals surface area (Å²) in [6, 6.07) is 6.21. The number of pyridine rings is 1. The molecule has 3 aromatic rings. The van der Waals surface area contributed by atoms with Crippen LogP contribution >= 0.6 is 11.3 Å². The Labute approximate surface area is 170 Å². The molecule has 1 aliphatic rings. The second kappa shape index (κ2) is 7.58. The molecule has 154 valence electrons.